The molecule has 0 spiro atoms. The van der Waals surface area contributed by atoms with Crippen LogP contribution in [0.25, 0.3) is 0 Å². The van der Waals surface area contributed by atoms with Crippen LogP contribution < -0.4 is 0 Å². The Bertz CT molecular complexity index is 720. The fourth-order valence-corrected chi connectivity index (χ4v) is 2.40. The third kappa shape index (κ3) is 3.46. The number of hydroxylamine groups is 2. The Labute approximate surface area is 145 Å². The van der Waals surface area contributed by atoms with Crippen LogP contribution in [0.3, 0.4) is 0 Å². The van der Waals surface area contributed by atoms with Gasteiger partial charge in [-0.1, -0.05) is 0 Å². The lowest BCUT2D eigenvalue weighted by Crippen LogP contribution is -2.46. The van der Waals surface area contributed by atoms with Crippen LogP contribution in [0.1, 0.15) is 5.56 Å². The smallest absolute Gasteiger partial charge is 0.301 e. The highest BCUT2D eigenvalue weighted by molar-refractivity contribution is 14.1. The van der Waals surface area contributed by atoms with Crippen molar-refractivity contribution in [2.24, 2.45) is 10.2 Å². The second-order valence-corrected chi connectivity index (χ2v) is 5.77. The summed E-state index contributed by atoms with van der Waals surface area (Å²) in [5.74, 6) is -2.01. The van der Waals surface area contributed by atoms with Crippen LogP contribution in [-0.4, -0.2) is 55.5 Å². The van der Waals surface area contributed by atoms with Gasteiger partial charge in [-0.2, -0.15) is 5.10 Å². The van der Waals surface area contributed by atoms with Crippen molar-refractivity contribution in [2.45, 2.75) is 6.10 Å². The van der Waals surface area contributed by atoms with Crippen LogP contribution in [0.2, 0.25) is 0 Å². The number of halogens is 2. The molecule has 0 radical (unpaired) electrons. The summed E-state index contributed by atoms with van der Waals surface area (Å²) in [5.41, 5.74) is -0.320. The predicted octanol–water partition coefficient (Wildman–Crippen LogP) is 1.19. The minimum absolute atomic E-state index is 0.0167. The quantitative estimate of drug-likeness (QED) is 0.528. The summed E-state index contributed by atoms with van der Waals surface area (Å²) in [7, 11) is 3.88. The van der Waals surface area contributed by atoms with Crippen molar-refractivity contribution in [3.63, 3.8) is 0 Å². The first-order chi connectivity index (χ1) is 10.9. The van der Waals surface area contributed by atoms with Gasteiger partial charge in [-0.15, -0.1) is 5.10 Å². The summed E-state index contributed by atoms with van der Waals surface area (Å²) < 4.78 is 19.9. The number of ketones is 1. The molecule has 0 bridgehead atoms. The Morgan fingerprint density at radius 3 is 2.61 bits per heavy atom. The fraction of sp³-hybridized carbons (Fsp3) is 0.286. The van der Waals surface area contributed by atoms with E-state index in [0.29, 0.717) is 3.57 Å². The number of methoxy groups -OCH3 is 1. The van der Waals surface area contributed by atoms with Crippen LogP contribution in [0.4, 0.5) is 4.39 Å². The van der Waals surface area contributed by atoms with Gasteiger partial charge in [0.25, 0.3) is 0 Å². The zero-order valence-corrected chi connectivity index (χ0v) is 14.7. The molecule has 0 aliphatic carbocycles. The number of rotatable bonds is 4. The molecule has 0 saturated heterocycles. The second kappa shape index (κ2) is 7.23. The monoisotopic (exact) mass is 433 g/mol. The first-order valence-electron chi connectivity index (χ1n) is 6.40. The van der Waals surface area contributed by atoms with E-state index < -0.39 is 29.3 Å². The molecule has 1 aromatic carbocycles. The molecule has 122 valence electrons. The summed E-state index contributed by atoms with van der Waals surface area (Å²) in [6, 6.07) is 4.46. The SMILES string of the molecule is COC1C(=O)C(C(=O)N(C)OC)=NN=C1c1ccc(I)cc1F. The molecule has 1 heterocycles. The lowest BCUT2D eigenvalue weighted by Gasteiger charge is -2.22. The number of hydrogen-bond acceptors (Lipinski definition) is 6. The lowest BCUT2D eigenvalue weighted by atomic mass is 9.98. The Hall–Kier alpha value is -1.72. The second-order valence-electron chi connectivity index (χ2n) is 4.52. The van der Waals surface area contributed by atoms with Crippen LogP contribution >= 0.6 is 22.6 Å². The van der Waals surface area contributed by atoms with E-state index in [0.717, 1.165) is 5.06 Å². The number of carbonyl (C=O) groups excluding carboxylic acids is 2. The van der Waals surface area contributed by atoms with Crippen LogP contribution in [0, 0.1) is 9.39 Å². The summed E-state index contributed by atoms with van der Waals surface area (Å²) in [6.07, 6.45) is -1.22. The number of Topliss-reactive ketones (excluding diaryl/α,β-unsaturated/α-hetero) is 1. The topological polar surface area (TPSA) is 80.6 Å². The number of benzene rings is 1. The number of nitrogens with zero attached hydrogens (tertiary/aromatic N) is 3. The molecule has 1 aliphatic heterocycles. The van der Waals surface area contributed by atoms with E-state index in [4.69, 9.17) is 9.57 Å². The van der Waals surface area contributed by atoms with Crippen molar-refractivity contribution in [3.05, 3.63) is 33.1 Å². The van der Waals surface area contributed by atoms with E-state index in [-0.39, 0.29) is 11.3 Å². The van der Waals surface area contributed by atoms with Crippen molar-refractivity contribution in [1.29, 1.82) is 0 Å². The standard InChI is InChI=1S/C14H13FIN3O4/c1-19(23-3)14(21)11-12(20)13(22-2)10(17-18-11)8-5-4-7(16)6-9(8)15/h4-6,13H,1-3H3. The van der Waals surface area contributed by atoms with E-state index in [1.807, 2.05) is 22.6 Å². The zero-order valence-electron chi connectivity index (χ0n) is 12.5. The maximum atomic E-state index is 14.1. The van der Waals surface area contributed by atoms with Crippen LogP contribution in [0.5, 0.6) is 0 Å². The van der Waals surface area contributed by atoms with Gasteiger partial charge < -0.3 is 4.74 Å². The summed E-state index contributed by atoms with van der Waals surface area (Å²) >= 11 is 1.97. The van der Waals surface area contributed by atoms with E-state index in [1.165, 1.54) is 33.4 Å². The molecular formula is C14H13FIN3O4. The number of ether oxygens (including phenoxy) is 1. The van der Waals surface area contributed by atoms with Gasteiger partial charge in [0.15, 0.2) is 11.8 Å². The molecule has 0 saturated carbocycles. The fourth-order valence-electron chi connectivity index (χ4n) is 1.95. The summed E-state index contributed by atoms with van der Waals surface area (Å²) in [6.45, 7) is 0. The number of hydrogen-bond donors (Lipinski definition) is 0. The maximum Gasteiger partial charge on any atom is 0.301 e. The van der Waals surface area contributed by atoms with E-state index in [1.54, 1.807) is 6.07 Å². The maximum absolute atomic E-state index is 14.1. The van der Waals surface area contributed by atoms with Crippen molar-refractivity contribution >= 4 is 45.7 Å². The summed E-state index contributed by atoms with van der Waals surface area (Å²) in [4.78, 5) is 29.1. The highest BCUT2D eigenvalue weighted by Gasteiger charge is 2.38. The Morgan fingerprint density at radius 1 is 1.35 bits per heavy atom. The van der Waals surface area contributed by atoms with Crippen LogP contribution in [-0.2, 0) is 19.2 Å². The Balaban J connectivity index is 2.48. The van der Waals surface area contributed by atoms with Crippen molar-refractivity contribution in [2.75, 3.05) is 21.3 Å². The molecule has 9 heteroatoms. The zero-order chi connectivity index (χ0) is 17.1. The molecule has 1 aliphatic rings. The third-order valence-electron chi connectivity index (χ3n) is 3.18. The molecule has 2 rings (SSSR count). The van der Waals surface area contributed by atoms with Gasteiger partial charge in [0, 0.05) is 23.3 Å². The summed E-state index contributed by atoms with van der Waals surface area (Å²) in [5, 5.41) is 8.30. The minimum Gasteiger partial charge on any atom is -0.367 e. The largest absolute Gasteiger partial charge is 0.367 e. The highest BCUT2D eigenvalue weighted by atomic mass is 127. The van der Waals surface area contributed by atoms with Gasteiger partial charge in [0.2, 0.25) is 5.78 Å². The molecule has 1 unspecified atom stereocenters. The first kappa shape index (κ1) is 17.6. The van der Waals surface area contributed by atoms with Crippen molar-refractivity contribution in [1.82, 2.24) is 5.06 Å². The molecule has 0 fully saturated rings. The van der Waals surface area contributed by atoms with Crippen molar-refractivity contribution < 1.29 is 23.6 Å². The molecule has 1 aromatic rings. The van der Waals surface area contributed by atoms with Gasteiger partial charge in [-0.05, 0) is 40.8 Å². The van der Waals surface area contributed by atoms with Gasteiger partial charge >= 0.3 is 5.91 Å². The first-order valence-corrected chi connectivity index (χ1v) is 7.48. The molecule has 1 atom stereocenters. The minimum atomic E-state index is -1.22. The highest BCUT2D eigenvalue weighted by Crippen LogP contribution is 2.19. The molecule has 23 heavy (non-hydrogen) atoms. The van der Waals surface area contributed by atoms with Crippen LogP contribution in [0.15, 0.2) is 28.4 Å². The average Bonchev–Trinajstić information content (AvgIpc) is 2.53. The molecule has 0 aromatic heterocycles. The Morgan fingerprint density at radius 2 is 2.04 bits per heavy atom. The molecule has 1 amide bonds. The molecule has 0 N–H and O–H groups in total. The van der Waals surface area contributed by atoms with E-state index >= 15 is 0 Å². The predicted molar refractivity (Wildman–Crippen MR) is 88.7 cm³/mol. The Kier molecular flexibility index (Phi) is 5.55. The molecule has 7 nitrogen and oxygen atoms in total. The van der Waals surface area contributed by atoms with Crippen molar-refractivity contribution in [3.8, 4) is 0 Å². The van der Waals surface area contributed by atoms with E-state index in [9.17, 15) is 14.0 Å². The van der Waals surface area contributed by atoms with Gasteiger partial charge in [-0.25, -0.2) is 9.45 Å². The number of amides is 1. The normalized spacial score (nSPS) is 17.6. The third-order valence-corrected chi connectivity index (χ3v) is 3.85. The van der Waals surface area contributed by atoms with Gasteiger partial charge in [0.1, 0.15) is 11.5 Å². The number of carbonyl (C=O) groups is 2. The average molecular weight is 433 g/mol. The van der Waals surface area contributed by atoms with E-state index in [2.05, 4.69) is 10.2 Å². The molecular weight excluding hydrogens is 420 g/mol. The van der Waals surface area contributed by atoms with Gasteiger partial charge in [-0.3, -0.25) is 14.4 Å². The lowest BCUT2D eigenvalue weighted by molar-refractivity contribution is -0.160. The van der Waals surface area contributed by atoms with Gasteiger partial charge in [0.05, 0.1) is 7.11 Å².